The van der Waals surface area contributed by atoms with Crippen molar-refractivity contribution in [1.82, 2.24) is 10.2 Å². The van der Waals surface area contributed by atoms with Crippen LogP contribution >= 0.6 is 39.0 Å². The minimum atomic E-state index is -3.34. The summed E-state index contributed by atoms with van der Waals surface area (Å²) in [6.07, 6.45) is 0. The molecule has 0 saturated carbocycles. The van der Waals surface area contributed by atoms with Crippen LogP contribution in [0.1, 0.15) is 0 Å². The molecule has 1 heterocycles. The van der Waals surface area contributed by atoms with Gasteiger partial charge < -0.3 is 5.32 Å². The molecule has 26 heavy (non-hydrogen) atoms. The highest BCUT2D eigenvalue weighted by Gasteiger charge is 2.15. The zero-order valence-corrected chi connectivity index (χ0v) is 17.3. The van der Waals surface area contributed by atoms with E-state index in [0.29, 0.717) is 25.8 Å². The number of aromatic nitrogens is 2. The van der Waals surface area contributed by atoms with E-state index in [1.165, 1.54) is 35.2 Å². The quantitative estimate of drug-likeness (QED) is 0.499. The molecule has 1 N–H and O–H groups in total. The molecule has 0 atom stereocenters. The van der Waals surface area contributed by atoms with Gasteiger partial charge in [-0.15, -0.1) is 10.2 Å². The van der Waals surface area contributed by atoms with Crippen molar-refractivity contribution in [3.05, 3.63) is 58.8 Å². The second kappa shape index (κ2) is 8.47. The van der Waals surface area contributed by atoms with Gasteiger partial charge in [-0.05, 0) is 42.5 Å². The molecule has 10 heteroatoms. The van der Waals surface area contributed by atoms with Crippen LogP contribution in [-0.4, -0.2) is 30.1 Å². The fourth-order valence-corrected chi connectivity index (χ4v) is 5.76. The van der Waals surface area contributed by atoms with Gasteiger partial charge in [0.05, 0.1) is 10.6 Å². The minimum absolute atomic E-state index is 0.00549. The van der Waals surface area contributed by atoms with Gasteiger partial charge in [0, 0.05) is 15.9 Å². The van der Waals surface area contributed by atoms with Crippen LogP contribution in [0.4, 0.5) is 15.2 Å². The maximum absolute atomic E-state index is 13.2. The van der Waals surface area contributed by atoms with Crippen LogP contribution in [0.15, 0.2) is 62.2 Å². The minimum Gasteiger partial charge on any atom is -0.330 e. The Morgan fingerprint density at radius 3 is 2.65 bits per heavy atom. The number of hydrogen-bond donors (Lipinski definition) is 1. The molecule has 3 rings (SSSR count). The Kier molecular flexibility index (Phi) is 6.28. The van der Waals surface area contributed by atoms with Crippen molar-refractivity contribution < 1.29 is 12.8 Å². The lowest BCUT2D eigenvalue weighted by Gasteiger charge is -2.03. The Balaban J connectivity index is 1.55. The molecule has 0 aliphatic carbocycles. The summed E-state index contributed by atoms with van der Waals surface area (Å²) in [5, 5.41) is 11.5. The molecule has 0 saturated heterocycles. The largest absolute Gasteiger partial charge is 0.330 e. The fraction of sp³-hybridized carbons (Fsp3) is 0.125. The molecule has 0 unspecified atom stereocenters. The van der Waals surface area contributed by atoms with Crippen LogP contribution in [0.25, 0.3) is 0 Å². The molecule has 0 aliphatic rings. The first kappa shape index (κ1) is 19.3. The number of halogens is 2. The molecule has 0 aliphatic heterocycles. The van der Waals surface area contributed by atoms with Crippen LogP contribution in [0.3, 0.4) is 0 Å². The highest BCUT2D eigenvalue weighted by Crippen LogP contribution is 2.28. The first-order chi connectivity index (χ1) is 12.4. The van der Waals surface area contributed by atoms with Gasteiger partial charge in [0.15, 0.2) is 14.2 Å². The maximum atomic E-state index is 13.2. The van der Waals surface area contributed by atoms with Gasteiger partial charge in [-0.25, -0.2) is 12.8 Å². The van der Waals surface area contributed by atoms with Crippen LogP contribution in [0, 0.1) is 5.82 Å². The molecule has 0 fully saturated rings. The molecule has 3 aromatic rings. The number of hydrogen-bond acceptors (Lipinski definition) is 7. The molecule has 2 aromatic carbocycles. The average Bonchev–Trinajstić information content (AvgIpc) is 3.02. The second-order valence-corrected chi connectivity index (χ2v) is 10.5. The monoisotopic (exact) mass is 473 g/mol. The molecule has 0 spiro atoms. The summed E-state index contributed by atoms with van der Waals surface area (Å²) < 4.78 is 39.3. The van der Waals surface area contributed by atoms with Crippen LogP contribution in [-0.2, 0) is 9.84 Å². The summed E-state index contributed by atoms with van der Waals surface area (Å²) in [7, 11) is -3.34. The van der Waals surface area contributed by atoms with Gasteiger partial charge in [0.25, 0.3) is 0 Å². The van der Waals surface area contributed by atoms with Gasteiger partial charge in [-0.3, -0.25) is 0 Å². The second-order valence-electron chi connectivity index (χ2n) is 5.13. The van der Waals surface area contributed by atoms with Crippen molar-refractivity contribution >= 4 is 59.7 Å². The lowest BCUT2D eigenvalue weighted by molar-refractivity contribution is 0.597. The number of rotatable bonds is 7. The summed E-state index contributed by atoms with van der Waals surface area (Å²) in [6.45, 7) is 0. The van der Waals surface area contributed by atoms with Crippen molar-refractivity contribution in [3.63, 3.8) is 0 Å². The summed E-state index contributed by atoms with van der Waals surface area (Å²) in [5.74, 6) is 0.0330. The van der Waals surface area contributed by atoms with Gasteiger partial charge in [0.1, 0.15) is 5.82 Å². The Morgan fingerprint density at radius 1 is 1.15 bits per heavy atom. The highest BCUT2D eigenvalue weighted by atomic mass is 79.9. The molecule has 136 valence electrons. The highest BCUT2D eigenvalue weighted by molar-refractivity contribution is 9.10. The average molecular weight is 474 g/mol. The maximum Gasteiger partial charge on any atom is 0.210 e. The Morgan fingerprint density at radius 2 is 1.92 bits per heavy atom. The SMILES string of the molecule is O=S(=O)(CCSc1nnc(Nc2cccc(F)c2)s1)c1ccc(Br)cc1. The number of sulfone groups is 1. The Labute approximate surface area is 167 Å². The standard InChI is InChI=1S/C16H13BrFN3O2S3/c17-11-4-6-14(7-5-11)26(22,23)9-8-24-16-21-20-15(25-16)19-13-3-1-2-12(18)10-13/h1-7,10H,8-9H2,(H,19,20). The number of anilines is 2. The third-order valence-electron chi connectivity index (χ3n) is 3.23. The molecule has 5 nitrogen and oxygen atoms in total. The first-order valence-corrected chi connectivity index (χ1v) is 11.6. The van der Waals surface area contributed by atoms with E-state index in [2.05, 4.69) is 31.4 Å². The van der Waals surface area contributed by atoms with Gasteiger partial charge >= 0.3 is 0 Å². The lowest BCUT2D eigenvalue weighted by Crippen LogP contribution is -2.08. The van der Waals surface area contributed by atoms with Crippen LogP contribution in [0.5, 0.6) is 0 Å². The fourth-order valence-electron chi connectivity index (χ4n) is 2.01. The molecular formula is C16H13BrFN3O2S3. The molecule has 0 amide bonds. The summed E-state index contributed by atoms with van der Waals surface area (Å²) >= 11 is 5.90. The van der Waals surface area contributed by atoms with Crippen molar-refractivity contribution in [2.75, 3.05) is 16.8 Å². The Bertz CT molecular complexity index is 994. The van der Waals surface area contributed by atoms with Crippen LogP contribution in [0.2, 0.25) is 0 Å². The predicted octanol–water partition coefficient (Wildman–Crippen LogP) is 4.75. The van der Waals surface area contributed by atoms with Crippen molar-refractivity contribution in [1.29, 1.82) is 0 Å². The van der Waals surface area contributed by atoms with E-state index in [0.717, 1.165) is 4.47 Å². The summed E-state index contributed by atoms with van der Waals surface area (Å²) in [5.41, 5.74) is 0.579. The van der Waals surface area contributed by atoms with E-state index in [9.17, 15) is 12.8 Å². The molecule has 0 bridgehead atoms. The van der Waals surface area contributed by atoms with E-state index in [1.807, 2.05) is 0 Å². The third kappa shape index (κ3) is 5.26. The normalized spacial score (nSPS) is 11.5. The number of benzene rings is 2. The van der Waals surface area contributed by atoms with Gasteiger partial charge in [-0.2, -0.15) is 0 Å². The zero-order chi connectivity index (χ0) is 18.6. The molecule has 1 aromatic heterocycles. The van der Waals surface area contributed by atoms with Crippen molar-refractivity contribution in [2.45, 2.75) is 9.24 Å². The topological polar surface area (TPSA) is 72.0 Å². The van der Waals surface area contributed by atoms with E-state index in [-0.39, 0.29) is 11.6 Å². The van der Waals surface area contributed by atoms with Gasteiger partial charge in [0.2, 0.25) is 5.13 Å². The smallest absolute Gasteiger partial charge is 0.210 e. The van der Waals surface area contributed by atoms with E-state index >= 15 is 0 Å². The number of thioether (sulfide) groups is 1. The van der Waals surface area contributed by atoms with E-state index < -0.39 is 9.84 Å². The van der Waals surface area contributed by atoms with Crippen LogP contribution < -0.4 is 5.32 Å². The van der Waals surface area contributed by atoms with E-state index in [1.54, 1.807) is 36.4 Å². The molecule has 0 radical (unpaired) electrons. The predicted molar refractivity (Wildman–Crippen MR) is 107 cm³/mol. The zero-order valence-electron chi connectivity index (χ0n) is 13.2. The number of nitrogens with zero attached hydrogens (tertiary/aromatic N) is 2. The Hall–Kier alpha value is -1.49. The van der Waals surface area contributed by atoms with E-state index in [4.69, 9.17) is 0 Å². The number of nitrogens with one attached hydrogen (secondary N) is 1. The third-order valence-corrected chi connectivity index (χ3v) is 7.73. The molecular weight excluding hydrogens is 461 g/mol. The van der Waals surface area contributed by atoms with Crippen molar-refractivity contribution in [2.24, 2.45) is 0 Å². The summed E-state index contributed by atoms with van der Waals surface area (Å²) in [4.78, 5) is 0.298. The van der Waals surface area contributed by atoms with Crippen molar-refractivity contribution in [3.8, 4) is 0 Å². The first-order valence-electron chi connectivity index (χ1n) is 7.40. The van der Waals surface area contributed by atoms with Gasteiger partial charge in [-0.1, -0.05) is 45.1 Å². The lowest BCUT2D eigenvalue weighted by atomic mass is 10.3. The summed E-state index contributed by atoms with van der Waals surface area (Å²) in [6, 6.07) is 12.6.